The summed E-state index contributed by atoms with van der Waals surface area (Å²) in [5, 5.41) is 11.1. The highest BCUT2D eigenvalue weighted by Crippen LogP contribution is 2.46. The summed E-state index contributed by atoms with van der Waals surface area (Å²) >= 11 is 6.26. The van der Waals surface area contributed by atoms with Crippen LogP contribution in [0.4, 0.5) is 19.0 Å². The van der Waals surface area contributed by atoms with Crippen LogP contribution in [0.5, 0.6) is 5.88 Å². The minimum atomic E-state index is -3.68. The van der Waals surface area contributed by atoms with Gasteiger partial charge in [-0.25, -0.2) is 24.1 Å². The Labute approximate surface area is 271 Å². The van der Waals surface area contributed by atoms with Crippen LogP contribution in [0.15, 0.2) is 40.9 Å². The van der Waals surface area contributed by atoms with Crippen LogP contribution in [-0.4, -0.2) is 81.1 Å². The van der Waals surface area contributed by atoms with Crippen molar-refractivity contribution in [1.29, 1.82) is 0 Å². The quantitative estimate of drug-likeness (QED) is 0.276. The number of amides is 1. The number of para-hydroxylation sites is 1. The van der Waals surface area contributed by atoms with E-state index in [1.165, 1.54) is 19.2 Å². The van der Waals surface area contributed by atoms with Crippen molar-refractivity contribution in [2.75, 3.05) is 31.1 Å². The molecule has 4 atom stereocenters. The highest BCUT2D eigenvalue weighted by Gasteiger charge is 2.50. The summed E-state index contributed by atoms with van der Waals surface area (Å²) in [5.41, 5.74) is -0.916. The summed E-state index contributed by atoms with van der Waals surface area (Å²) < 4.78 is 65.2. The second-order valence-corrected chi connectivity index (χ2v) is 12.8. The van der Waals surface area contributed by atoms with Crippen LogP contribution in [-0.2, 0) is 26.6 Å². The third kappa shape index (κ3) is 5.60. The summed E-state index contributed by atoms with van der Waals surface area (Å²) in [6.45, 7) is 0.785. The molecule has 1 aromatic carbocycles. The first kappa shape index (κ1) is 31.4. The van der Waals surface area contributed by atoms with Gasteiger partial charge in [0.1, 0.15) is 35.5 Å². The van der Waals surface area contributed by atoms with E-state index >= 15 is 13.2 Å². The number of aliphatic carboxylic acids is 1. The zero-order valence-corrected chi connectivity index (χ0v) is 26.1. The van der Waals surface area contributed by atoms with Crippen LogP contribution < -0.4 is 9.64 Å². The van der Waals surface area contributed by atoms with Crippen LogP contribution in [0.1, 0.15) is 44.0 Å². The van der Waals surface area contributed by atoms with E-state index in [4.69, 9.17) is 25.5 Å². The number of carboxylic acid groups (broad SMARTS) is 1. The van der Waals surface area contributed by atoms with Gasteiger partial charge in [0.15, 0.2) is 17.2 Å². The summed E-state index contributed by atoms with van der Waals surface area (Å²) in [7, 11) is 0. The molecule has 0 aliphatic carbocycles. The zero-order chi connectivity index (χ0) is 33.1. The Hall–Kier alpha value is -4.17. The molecule has 47 heavy (non-hydrogen) atoms. The van der Waals surface area contributed by atoms with Gasteiger partial charge in [-0.3, -0.25) is 4.79 Å². The van der Waals surface area contributed by atoms with Crippen LogP contribution in [0.3, 0.4) is 0 Å². The van der Waals surface area contributed by atoms with Crippen molar-refractivity contribution in [1.82, 2.24) is 19.9 Å². The number of anilines is 1. The number of aromatic nitrogens is 3. The van der Waals surface area contributed by atoms with E-state index in [1.807, 2.05) is 12.1 Å². The predicted octanol–water partition coefficient (Wildman–Crippen LogP) is 5.51. The topological polar surface area (TPSA) is 131 Å². The molecule has 1 N–H and O–H groups in total. The third-order valence-electron chi connectivity index (χ3n) is 9.24. The lowest BCUT2D eigenvalue weighted by Crippen LogP contribution is -2.53. The molecule has 8 rings (SSSR count). The van der Waals surface area contributed by atoms with Gasteiger partial charge in [0.2, 0.25) is 5.88 Å². The molecule has 7 heterocycles. The predicted molar refractivity (Wildman–Crippen MR) is 163 cm³/mol. The highest BCUT2D eigenvalue weighted by molar-refractivity contribution is 6.30. The summed E-state index contributed by atoms with van der Waals surface area (Å²) in [6.07, 6.45) is -0.670. The number of ether oxygens (including phenoxy) is 2. The van der Waals surface area contributed by atoms with Gasteiger partial charge in [-0.1, -0.05) is 30.7 Å². The number of pyridine rings is 1. The lowest BCUT2D eigenvalue weighted by atomic mass is 9.78. The molecule has 6 bridgehead atoms. The molecule has 0 saturated carbocycles. The van der Waals surface area contributed by atoms with Crippen molar-refractivity contribution in [2.24, 2.45) is 5.92 Å². The molecule has 1 amide bonds. The van der Waals surface area contributed by atoms with Gasteiger partial charge in [-0.15, -0.1) is 0 Å². The van der Waals surface area contributed by atoms with E-state index in [2.05, 4.69) is 15.0 Å². The number of piperidine rings is 1. The number of furan rings is 1. The Kier molecular flexibility index (Phi) is 7.90. The lowest BCUT2D eigenvalue weighted by Gasteiger charge is -2.42. The number of carbonyl (C=O) groups excluding carboxylic acids is 1. The first-order valence-electron chi connectivity index (χ1n) is 15.4. The molecule has 0 unspecified atom stereocenters. The molecule has 2 saturated heterocycles. The average Bonchev–Trinajstić information content (AvgIpc) is 3.64. The van der Waals surface area contributed by atoms with Crippen LogP contribution in [0.25, 0.3) is 22.1 Å². The first-order valence-corrected chi connectivity index (χ1v) is 15.8. The lowest BCUT2D eigenvalue weighted by molar-refractivity contribution is -0.163. The zero-order valence-electron chi connectivity index (χ0n) is 25.3. The smallest absolute Gasteiger partial charge is 0.326 e. The Morgan fingerprint density at radius 1 is 1.15 bits per heavy atom. The van der Waals surface area contributed by atoms with Crippen molar-refractivity contribution < 1.29 is 41.8 Å². The van der Waals surface area contributed by atoms with E-state index in [1.54, 1.807) is 17.0 Å². The van der Waals surface area contributed by atoms with E-state index in [-0.39, 0.29) is 85.8 Å². The van der Waals surface area contributed by atoms with Gasteiger partial charge < -0.3 is 28.8 Å². The average molecular weight is 674 g/mol. The summed E-state index contributed by atoms with van der Waals surface area (Å²) in [6, 6.07) is 7.44. The molecule has 11 nitrogen and oxygen atoms in total. The molecule has 0 spiro atoms. The van der Waals surface area contributed by atoms with E-state index in [0.717, 1.165) is 4.90 Å². The maximum atomic E-state index is 17.0. The van der Waals surface area contributed by atoms with Crippen molar-refractivity contribution in [3.8, 4) is 5.88 Å². The van der Waals surface area contributed by atoms with Crippen molar-refractivity contribution >= 4 is 51.4 Å². The molecule has 248 valence electrons. The monoisotopic (exact) mass is 673 g/mol. The molecule has 0 radical (unpaired) electrons. The molecule has 3 aromatic heterocycles. The van der Waals surface area contributed by atoms with Gasteiger partial charge >= 0.3 is 11.9 Å². The second kappa shape index (κ2) is 11.8. The minimum Gasteiger partial charge on any atom is -0.480 e. The molecule has 2 fully saturated rings. The number of fused-ring (bicyclic) bond motifs is 11. The second-order valence-electron chi connectivity index (χ2n) is 12.4. The van der Waals surface area contributed by atoms with Crippen molar-refractivity contribution in [2.45, 2.75) is 63.0 Å². The molecular weight excluding hydrogens is 643 g/mol. The van der Waals surface area contributed by atoms with Crippen molar-refractivity contribution in [3.05, 3.63) is 52.9 Å². The van der Waals surface area contributed by atoms with Gasteiger partial charge in [-0.05, 0) is 24.6 Å². The maximum absolute atomic E-state index is 17.0. The SMILES string of the molecule is C[C@H]1CN2CC[C@]1(F)c1cc(Cl)cnc1O[C@H]1C[C@@H](C(=O)O)N(C1)c1nc(nc3c1oc1ccccc13)COCCCC(F)(F)C2=O. The number of benzene rings is 1. The third-order valence-corrected chi connectivity index (χ3v) is 9.45. The number of hydrogen-bond acceptors (Lipinski definition) is 9. The van der Waals surface area contributed by atoms with Crippen LogP contribution in [0, 0.1) is 5.92 Å². The molecule has 4 aliphatic rings. The fraction of sp³-hybridized carbons (Fsp3) is 0.469. The Bertz CT molecular complexity index is 1880. The first-order chi connectivity index (χ1) is 22.4. The number of halogens is 4. The highest BCUT2D eigenvalue weighted by atomic mass is 35.5. The Morgan fingerprint density at radius 2 is 1.96 bits per heavy atom. The van der Waals surface area contributed by atoms with Gasteiger partial charge in [0, 0.05) is 56.5 Å². The minimum absolute atomic E-state index is 0.00282. The van der Waals surface area contributed by atoms with Crippen LogP contribution in [0.2, 0.25) is 5.02 Å². The van der Waals surface area contributed by atoms with Gasteiger partial charge in [-0.2, -0.15) is 8.78 Å². The molecule has 4 aromatic rings. The number of alkyl halides is 3. The number of rotatable bonds is 1. The summed E-state index contributed by atoms with van der Waals surface area (Å²) in [4.78, 5) is 41.6. The molecular formula is C32H31ClF3N5O6. The Balaban J connectivity index is 1.33. The number of nitrogens with zero attached hydrogens (tertiary/aromatic N) is 5. The largest absolute Gasteiger partial charge is 0.480 e. The maximum Gasteiger partial charge on any atom is 0.326 e. The normalized spacial score (nSPS) is 26.7. The van der Waals surface area contributed by atoms with E-state index in [0.29, 0.717) is 16.5 Å². The van der Waals surface area contributed by atoms with Crippen LogP contribution >= 0.6 is 11.6 Å². The fourth-order valence-corrected chi connectivity index (χ4v) is 6.96. The van der Waals surface area contributed by atoms with Gasteiger partial charge in [0.05, 0.1) is 17.1 Å². The summed E-state index contributed by atoms with van der Waals surface area (Å²) in [5.74, 6) is -6.80. The van der Waals surface area contributed by atoms with E-state index < -0.39 is 48.0 Å². The number of hydrogen-bond donors (Lipinski definition) is 1. The molecule has 4 aliphatic heterocycles. The standard InChI is InChI=1S/C32H31ClF3N5O6/c1-17-14-40-9-8-31(17,34)21-11-18(33)13-37-28(21)46-19-12-22(29(42)43)41(15-19)27-26-25(20-5-2-3-6-23(20)47-26)38-24(39-27)16-45-10-4-7-32(35,36)30(40)44/h2-3,5-6,11,13,17,19,22H,4,7-10,12,14-16H2,1H3,(H,42,43)/t17-,19-,22-,31+/m0/s1. The van der Waals surface area contributed by atoms with E-state index in [9.17, 15) is 14.7 Å². The number of carbonyl (C=O) groups is 2. The fourth-order valence-electron chi connectivity index (χ4n) is 6.80. The van der Waals surface area contributed by atoms with Gasteiger partial charge in [0.25, 0.3) is 5.91 Å². The Morgan fingerprint density at radius 3 is 2.74 bits per heavy atom. The van der Waals surface area contributed by atoms with Crippen molar-refractivity contribution in [3.63, 3.8) is 0 Å². The number of carboxylic acids is 1. The molecule has 15 heteroatoms.